The van der Waals surface area contributed by atoms with E-state index in [2.05, 4.69) is 71.5 Å². The van der Waals surface area contributed by atoms with Gasteiger partial charge in [-0.3, -0.25) is 0 Å². The molecular formula is C18H19NS. The number of benzene rings is 2. The molecule has 0 fully saturated rings. The molecule has 0 saturated carbocycles. The van der Waals surface area contributed by atoms with Crippen molar-refractivity contribution in [3.05, 3.63) is 70.4 Å². The lowest BCUT2D eigenvalue weighted by atomic mass is 9.95. The van der Waals surface area contributed by atoms with E-state index in [1.54, 1.807) is 11.3 Å². The van der Waals surface area contributed by atoms with Crippen LogP contribution in [0.3, 0.4) is 0 Å². The molecule has 1 aromatic heterocycles. The first-order chi connectivity index (χ1) is 9.88. The van der Waals surface area contributed by atoms with E-state index in [4.69, 9.17) is 0 Å². The number of hydrogen-bond acceptors (Lipinski definition) is 2. The van der Waals surface area contributed by atoms with E-state index in [9.17, 15) is 0 Å². The van der Waals surface area contributed by atoms with Gasteiger partial charge in [0.25, 0.3) is 0 Å². The SMILES string of the molecule is CCNC(Cc1ccsc1)c1cccc2ccccc12. The minimum Gasteiger partial charge on any atom is -0.310 e. The molecule has 0 aliphatic rings. The third-order valence-corrected chi connectivity index (χ3v) is 4.40. The van der Waals surface area contributed by atoms with Gasteiger partial charge in [0.1, 0.15) is 0 Å². The third-order valence-electron chi connectivity index (χ3n) is 3.67. The van der Waals surface area contributed by atoms with Gasteiger partial charge in [0.15, 0.2) is 0 Å². The summed E-state index contributed by atoms with van der Waals surface area (Å²) in [6, 6.07) is 17.8. The maximum absolute atomic E-state index is 3.63. The zero-order valence-corrected chi connectivity index (χ0v) is 12.5. The first-order valence-electron chi connectivity index (χ1n) is 7.10. The minimum atomic E-state index is 0.376. The highest BCUT2D eigenvalue weighted by Crippen LogP contribution is 2.27. The molecule has 0 spiro atoms. The summed E-state index contributed by atoms with van der Waals surface area (Å²) >= 11 is 1.77. The normalized spacial score (nSPS) is 12.7. The summed E-state index contributed by atoms with van der Waals surface area (Å²) in [6.07, 6.45) is 1.05. The van der Waals surface area contributed by atoms with Gasteiger partial charge in [0, 0.05) is 6.04 Å². The van der Waals surface area contributed by atoms with Crippen LogP contribution in [0.15, 0.2) is 59.3 Å². The van der Waals surface area contributed by atoms with Crippen LogP contribution in [0.1, 0.15) is 24.1 Å². The first kappa shape index (κ1) is 13.3. The molecule has 20 heavy (non-hydrogen) atoms. The van der Waals surface area contributed by atoms with E-state index in [1.807, 2.05) is 0 Å². The van der Waals surface area contributed by atoms with E-state index in [0.29, 0.717) is 6.04 Å². The molecule has 3 aromatic rings. The Morgan fingerprint density at radius 1 is 1.05 bits per heavy atom. The van der Waals surface area contributed by atoms with Crippen LogP contribution in [0.25, 0.3) is 10.8 Å². The fourth-order valence-electron chi connectivity index (χ4n) is 2.74. The Kier molecular flexibility index (Phi) is 4.14. The predicted molar refractivity (Wildman–Crippen MR) is 88.4 cm³/mol. The molecule has 3 rings (SSSR count). The Hall–Kier alpha value is -1.64. The second-order valence-corrected chi connectivity index (χ2v) is 5.79. The molecule has 1 heterocycles. The summed E-state index contributed by atoms with van der Waals surface area (Å²) < 4.78 is 0. The molecule has 2 heteroatoms. The molecule has 1 unspecified atom stereocenters. The van der Waals surface area contributed by atoms with Crippen LogP contribution in [0.2, 0.25) is 0 Å². The molecule has 0 aliphatic carbocycles. The zero-order valence-electron chi connectivity index (χ0n) is 11.7. The standard InChI is InChI=1S/C18H19NS/c1-2-19-18(12-14-10-11-20-13-14)17-9-5-7-15-6-3-4-8-16(15)17/h3-11,13,18-19H,2,12H2,1H3. The largest absolute Gasteiger partial charge is 0.310 e. The zero-order chi connectivity index (χ0) is 13.8. The lowest BCUT2D eigenvalue weighted by Gasteiger charge is -2.20. The Labute approximate surface area is 124 Å². The highest BCUT2D eigenvalue weighted by Gasteiger charge is 2.14. The van der Waals surface area contributed by atoms with E-state index < -0.39 is 0 Å². The van der Waals surface area contributed by atoms with Crippen LogP contribution in [0.4, 0.5) is 0 Å². The summed E-state index contributed by atoms with van der Waals surface area (Å²) in [5.74, 6) is 0. The number of fused-ring (bicyclic) bond motifs is 1. The van der Waals surface area contributed by atoms with Gasteiger partial charge in [0.2, 0.25) is 0 Å². The van der Waals surface area contributed by atoms with Gasteiger partial charge in [0.05, 0.1) is 0 Å². The van der Waals surface area contributed by atoms with E-state index in [0.717, 1.165) is 13.0 Å². The van der Waals surface area contributed by atoms with Gasteiger partial charge >= 0.3 is 0 Å². The van der Waals surface area contributed by atoms with E-state index in [1.165, 1.54) is 21.9 Å². The Bertz CT molecular complexity index is 667. The molecule has 0 bridgehead atoms. The van der Waals surface area contributed by atoms with Gasteiger partial charge < -0.3 is 5.32 Å². The molecule has 0 amide bonds. The molecular weight excluding hydrogens is 262 g/mol. The third kappa shape index (κ3) is 2.77. The number of hydrogen-bond donors (Lipinski definition) is 1. The van der Waals surface area contributed by atoms with E-state index in [-0.39, 0.29) is 0 Å². The fraction of sp³-hybridized carbons (Fsp3) is 0.222. The topological polar surface area (TPSA) is 12.0 Å². The highest BCUT2D eigenvalue weighted by molar-refractivity contribution is 7.07. The van der Waals surface area contributed by atoms with Crippen molar-refractivity contribution < 1.29 is 0 Å². The quantitative estimate of drug-likeness (QED) is 0.708. The van der Waals surface area contributed by atoms with Crippen LogP contribution in [0.5, 0.6) is 0 Å². The van der Waals surface area contributed by atoms with Crippen molar-refractivity contribution in [1.82, 2.24) is 5.32 Å². The summed E-state index contributed by atoms with van der Waals surface area (Å²) in [7, 11) is 0. The van der Waals surface area contributed by atoms with Crippen molar-refractivity contribution in [3.63, 3.8) is 0 Å². The summed E-state index contributed by atoms with van der Waals surface area (Å²) in [6.45, 7) is 3.16. The Morgan fingerprint density at radius 3 is 2.70 bits per heavy atom. The molecule has 1 atom stereocenters. The number of nitrogens with one attached hydrogen (secondary N) is 1. The second-order valence-electron chi connectivity index (χ2n) is 5.01. The molecule has 1 N–H and O–H groups in total. The molecule has 0 aliphatic heterocycles. The monoisotopic (exact) mass is 281 g/mol. The maximum atomic E-state index is 3.63. The summed E-state index contributed by atoms with van der Waals surface area (Å²) in [4.78, 5) is 0. The number of rotatable bonds is 5. The van der Waals surface area contributed by atoms with Crippen LogP contribution in [-0.2, 0) is 6.42 Å². The van der Waals surface area contributed by atoms with Crippen LogP contribution >= 0.6 is 11.3 Å². The Balaban J connectivity index is 2.00. The van der Waals surface area contributed by atoms with Crippen molar-refractivity contribution in [2.45, 2.75) is 19.4 Å². The lowest BCUT2D eigenvalue weighted by Crippen LogP contribution is -2.23. The molecule has 102 valence electrons. The van der Waals surface area contributed by atoms with Gasteiger partial charge in [-0.2, -0.15) is 11.3 Å². The lowest BCUT2D eigenvalue weighted by molar-refractivity contribution is 0.554. The minimum absolute atomic E-state index is 0.376. The molecule has 2 aromatic carbocycles. The second kappa shape index (κ2) is 6.21. The van der Waals surface area contributed by atoms with Gasteiger partial charge in [-0.1, -0.05) is 49.4 Å². The summed E-state index contributed by atoms with van der Waals surface area (Å²) in [5, 5.41) is 10.7. The predicted octanol–water partition coefficient (Wildman–Crippen LogP) is 4.79. The van der Waals surface area contributed by atoms with Gasteiger partial charge in [-0.25, -0.2) is 0 Å². The van der Waals surface area contributed by atoms with Crippen LogP contribution < -0.4 is 5.32 Å². The average molecular weight is 281 g/mol. The smallest absolute Gasteiger partial charge is 0.0367 e. The van der Waals surface area contributed by atoms with Gasteiger partial charge in [-0.05, 0) is 51.7 Å². The highest BCUT2D eigenvalue weighted by atomic mass is 32.1. The van der Waals surface area contributed by atoms with Gasteiger partial charge in [-0.15, -0.1) is 0 Å². The Morgan fingerprint density at radius 2 is 1.90 bits per heavy atom. The number of likely N-dealkylation sites (N-methyl/N-ethyl adjacent to an activating group) is 1. The molecule has 0 saturated heterocycles. The summed E-state index contributed by atoms with van der Waals surface area (Å²) in [5.41, 5.74) is 2.81. The first-order valence-corrected chi connectivity index (χ1v) is 8.05. The van der Waals surface area contributed by atoms with Crippen molar-refractivity contribution >= 4 is 22.1 Å². The maximum Gasteiger partial charge on any atom is 0.0367 e. The van der Waals surface area contributed by atoms with Crippen molar-refractivity contribution in [1.29, 1.82) is 0 Å². The fourth-order valence-corrected chi connectivity index (χ4v) is 3.42. The molecule has 0 radical (unpaired) electrons. The van der Waals surface area contributed by atoms with Crippen LogP contribution in [0, 0.1) is 0 Å². The average Bonchev–Trinajstić information content (AvgIpc) is 2.99. The van der Waals surface area contributed by atoms with Crippen molar-refractivity contribution in [2.75, 3.05) is 6.54 Å². The molecule has 1 nitrogen and oxygen atoms in total. The number of thiophene rings is 1. The van der Waals surface area contributed by atoms with Crippen molar-refractivity contribution in [2.24, 2.45) is 0 Å². The van der Waals surface area contributed by atoms with E-state index >= 15 is 0 Å². The van der Waals surface area contributed by atoms with Crippen molar-refractivity contribution in [3.8, 4) is 0 Å². The van der Waals surface area contributed by atoms with Crippen LogP contribution in [-0.4, -0.2) is 6.54 Å².